The molecule has 0 radical (unpaired) electrons. The van der Waals surface area contributed by atoms with Crippen LogP contribution < -0.4 is 0 Å². The van der Waals surface area contributed by atoms with Crippen molar-refractivity contribution in [3.8, 4) is 0 Å². The second-order valence-electron chi connectivity index (χ2n) is 5.50. The maximum atomic E-state index is 5.86. The molecule has 1 aliphatic heterocycles. The van der Waals surface area contributed by atoms with Crippen LogP contribution in [-0.4, -0.2) is 17.5 Å². The monoisotopic (exact) mass is 288 g/mol. The number of aryl methyl sites for hydroxylation is 1. The molecule has 0 aliphatic carbocycles. The van der Waals surface area contributed by atoms with Crippen LogP contribution in [0.3, 0.4) is 0 Å². The molecule has 0 saturated heterocycles. The lowest BCUT2D eigenvalue weighted by Crippen LogP contribution is -2.03. The molecule has 22 heavy (non-hydrogen) atoms. The summed E-state index contributed by atoms with van der Waals surface area (Å²) in [5.74, 6) is 0.692. The van der Waals surface area contributed by atoms with Crippen LogP contribution in [0, 0.1) is 6.92 Å². The van der Waals surface area contributed by atoms with Crippen LogP contribution in [0.5, 0.6) is 0 Å². The van der Waals surface area contributed by atoms with E-state index in [2.05, 4.69) is 29.2 Å². The van der Waals surface area contributed by atoms with Gasteiger partial charge in [-0.15, -0.1) is 0 Å². The minimum atomic E-state index is 0.0660. The summed E-state index contributed by atoms with van der Waals surface area (Å²) in [5.41, 5.74) is 4.11. The molecule has 0 bridgehead atoms. The van der Waals surface area contributed by atoms with Crippen LogP contribution in [-0.2, 0) is 4.74 Å². The summed E-state index contributed by atoms with van der Waals surface area (Å²) in [7, 11) is 0. The normalized spacial score (nSPS) is 17.3. The van der Waals surface area contributed by atoms with Crippen LogP contribution in [0.4, 0.5) is 0 Å². The number of hydrogen-bond acceptors (Lipinski definition) is 3. The minimum Gasteiger partial charge on any atom is -0.475 e. The van der Waals surface area contributed by atoms with Gasteiger partial charge >= 0.3 is 0 Å². The Morgan fingerprint density at radius 2 is 1.82 bits per heavy atom. The summed E-state index contributed by atoms with van der Waals surface area (Å²) in [5, 5.41) is 1.11. The summed E-state index contributed by atoms with van der Waals surface area (Å²) in [6.45, 7) is 2.59. The second-order valence-corrected chi connectivity index (χ2v) is 5.50. The highest BCUT2D eigenvalue weighted by Gasteiger charge is 2.23. The maximum absolute atomic E-state index is 5.86. The van der Waals surface area contributed by atoms with Crippen molar-refractivity contribution >= 4 is 16.8 Å². The molecule has 1 aliphatic rings. The Morgan fingerprint density at radius 3 is 2.68 bits per heavy atom. The molecular weight excluding hydrogens is 272 g/mol. The van der Waals surface area contributed by atoms with Crippen molar-refractivity contribution in [1.82, 2.24) is 4.98 Å². The number of aromatic nitrogens is 1. The first-order valence-electron chi connectivity index (χ1n) is 7.43. The molecule has 2 heterocycles. The first kappa shape index (κ1) is 13.0. The third-order valence-corrected chi connectivity index (χ3v) is 3.93. The Balaban J connectivity index is 1.78. The zero-order chi connectivity index (χ0) is 14.9. The number of nitrogens with zero attached hydrogens (tertiary/aromatic N) is 2. The van der Waals surface area contributed by atoms with Gasteiger partial charge in [-0.3, -0.25) is 4.98 Å². The van der Waals surface area contributed by atoms with Crippen LogP contribution in [0.15, 0.2) is 65.7 Å². The lowest BCUT2D eigenvalue weighted by molar-refractivity contribution is 0.320. The average Bonchev–Trinajstić information content (AvgIpc) is 3.05. The molecule has 0 spiro atoms. The van der Waals surface area contributed by atoms with Gasteiger partial charge in [0.15, 0.2) is 0 Å². The van der Waals surface area contributed by atoms with Gasteiger partial charge in [0, 0.05) is 11.1 Å². The number of pyridine rings is 1. The molecule has 0 N–H and O–H groups in total. The van der Waals surface area contributed by atoms with E-state index in [9.17, 15) is 0 Å². The smallest absolute Gasteiger partial charge is 0.219 e. The van der Waals surface area contributed by atoms with E-state index in [1.54, 1.807) is 0 Å². The van der Waals surface area contributed by atoms with Crippen molar-refractivity contribution in [2.75, 3.05) is 6.61 Å². The van der Waals surface area contributed by atoms with E-state index in [0.717, 1.165) is 22.2 Å². The third kappa shape index (κ3) is 2.25. The van der Waals surface area contributed by atoms with Crippen molar-refractivity contribution in [2.45, 2.75) is 13.0 Å². The molecule has 1 aromatic heterocycles. The highest BCUT2D eigenvalue weighted by atomic mass is 16.5. The van der Waals surface area contributed by atoms with E-state index in [1.165, 1.54) is 5.56 Å². The molecule has 3 heteroatoms. The lowest BCUT2D eigenvalue weighted by atomic mass is 10.1. The molecule has 2 aromatic carbocycles. The molecule has 0 saturated carbocycles. The Labute approximate surface area is 129 Å². The fourth-order valence-electron chi connectivity index (χ4n) is 2.78. The molecule has 1 atom stereocenters. The second kappa shape index (κ2) is 5.26. The third-order valence-electron chi connectivity index (χ3n) is 3.93. The topological polar surface area (TPSA) is 34.5 Å². The van der Waals surface area contributed by atoms with E-state index < -0.39 is 0 Å². The number of ether oxygens (including phenoxy) is 1. The number of rotatable bonds is 2. The first-order chi connectivity index (χ1) is 10.8. The molecule has 0 unspecified atom stereocenters. The Hall–Kier alpha value is -2.68. The van der Waals surface area contributed by atoms with Gasteiger partial charge in [0.05, 0.1) is 11.1 Å². The van der Waals surface area contributed by atoms with Crippen molar-refractivity contribution in [2.24, 2.45) is 4.99 Å². The number of benzene rings is 2. The highest BCUT2D eigenvalue weighted by Crippen LogP contribution is 2.27. The summed E-state index contributed by atoms with van der Waals surface area (Å²) in [4.78, 5) is 9.42. The van der Waals surface area contributed by atoms with Crippen LogP contribution in [0.2, 0.25) is 0 Å². The number of fused-ring (bicyclic) bond motifs is 1. The maximum Gasteiger partial charge on any atom is 0.219 e. The highest BCUT2D eigenvalue weighted by molar-refractivity contribution is 6.06. The van der Waals surface area contributed by atoms with E-state index in [0.29, 0.717) is 12.5 Å². The molecular formula is C19H16N2O. The molecule has 4 rings (SSSR count). The van der Waals surface area contributed by atoms with Gasteiger partial charge in [-0.2, -0.15) is 0 Å². The summed E-state index contributed by atoms with van der Waals surface area (Å²) in [6, 6.07) is 20.6. The Morgan fingerprint density at radius 1 is 0.955 bits per heavy atom. The molecule has 108 valence electrons. The number of hydrogen-bond donors (Lipinski definition) is 0. The fourth-order valence-corrected chi connectivity index (χ4v) is 2.78. The van der Waals surface area contributed by atoms with Crippen LogP contribution >= 0.6 is 0 Å². The quantitative estimate of drug-likeness (QED) is 0.712. The molecule has 0 fully saturated rings. The van der Waals surface area contributed by atoms with Crippen molar-refractivity contribution in [3.05, 3.63) is 77.5 Å². The Kier molecular flexibility index (Phi) is 3.11. The summed E-state index contributed by atoms with van der Waals surface area (Å²) in [6.07, 6.45) is 0. The molecule has 3 nitrogen and oxygen atoms in total. The van der Waals surface area contributed by atoms with Gasteiger partial charge in [-0.1, -0.05) is 48.5 Å². The fraction of sp³-hybridized carbons (Fsp3) is 0.158. The zero-order valence-electron chi connectivity index (χ0n) is 12.4. The number of aliphatic imine (C=N–C) groups is 1. The van der Waals surface area contributed by atoms with Crippen molar-refractivity contribution in [1.29, 1.82) is 0 Å². The van der Waals surface area contributed by atoms with Crippen LogP contribution in [0.25, 0.3) is 10.9 Å². The van der Waals surface area contributed by atoms with Crippen molar-refractivity contribution in [3.63, 3.8) is 0 Å². The minimum absolute atomic E-state index is 0.0660. The predicted molar refractivity (Wildman–Crippen MR) is 88.2 cm³/mol. The van der Waals surface area contributed by atoms with Gasteiger partial charge in [-0.25, -0.2) is 4.99 Å². The van der Waals surface area contributed by atoms with Gasteiger partial charge in [0.25, 0.3) is 0 Å². The molecule has 3 aromatic rings. The largest absolute Gasteiger partial charge is 0.475 e. The van der Waals surface area contributed by atoms with E-state index in [1.807, 2.05) is 43.3 Å². The standard InChI is InChI=1S/C19H16N2O/c1-13-10-11-15-8-5-9-16(18(15)20-13)19-21-17(12-22-19)14-6-3-2-4-7-14/h2-11,17H,12H2,1H3/t17-/m1/s1. The Bertz CT molecular complexity index is 856. The van der Waals surface area contributed by atoms with Gasteiger partial charge in [0.1, 0.15) is 12.6 Å². The van der Waals surface area contributed by atoms with Gasteiger partial charge < -0.3 is 4.74 Å². The van der Waals surface area contributed by atoms with Gasteiger partial charge in [0.2, 0.25) is 5.90 Å². The van der Waals surface area contributed by atoms with E-state index in [-0.39, 0.29) is 6.04 Å². The van der Waals surface area contributed by atoms with E-state index in [4.69, 9.17) is 9.73 Å². The summed E-state index contributed by atoms with van der Waals surface area (Å²) < 4.78 is 5.86. The lowest BCUT2D eigenvalue weighted by Gasteiger charge is -2.06. The van der Waals surface area contributed by atoms with Gasteiger partial charge in [-0.05, 0) is 24.6 Å². The van der Waals surface area contributed by atoms with Crippen molar-refractivity contribution < 1.29 is 4.74 Å². The zero-order valence-corrected chi connectivity index (χ0v) is 12.4. The summed E-state index contributed by atoms with van der Waals surface area (Å²) >= 11 is 0. The predicted octanol–water partition coefficient (Wildman–Crippen LogP) is 4.06. The average molecular weight is 288 g/mol. The number of para-hydroxylation sites is 1. The first-order valence-corrected chi connectivity index (χ1v) is 7.43. The van der Waals surface area contributed by atoms with E-state index >= 15 is 0 Å². The SMILES string of the molecule is Cc1ccc2cccc(C3=N[C@@H](c4ccccc4)CO3)c2n1. The van der Waals surface area contributed by atoms with Crippen LogP contribution in [0.1, 0.15) is 22.9 Å². The molecule has 0 amide bonds.